The van der Waals surface area contributed by atoms with Gasteiger partial charge in [-0.2, -0.15) is 0 Å². The van der Waals surface area contributed by atoms with E-state index >= 15 is 0 Å². The molecule has 0 aliphatic heterocycles. The van der Waals surface area contributed by atoms with Crippen molar-refractivity contribution in [1.29, 1.82) is 0 Å². The van der Waals surface area contributed by atoms with Crippen LogP contribution in [0.4, 0.5) is 0 Å². The number of amides is 2. The Morgan fingerprint density at radius 3 is 2.21 bits per heavy atom. The highest BCUT2D eigenvalue weighted by Gasteiger charge is 2.18. The van der Waals surface area contributed by atoms with E-state index in [1.54, 1.807) is 30.5 Å². The number of benzene rings is 2. The fraction of sp³-hybridized carbons (Fsp3) is 0.222. The molecule has 0 radical (unpaired) electrons. The fourth-order valence-electron chi connectivity index (χ4n) is 2.33. The first kappa shape index (κ1) is 17.9. The second kappa shape index (κ2) is 8.40. The summed E-state index contributed by atoms with van der Waals surface area (Å²) in [6.45, 7) is 0. The maximum absolute atomic E-state index is 12.5. The molecule has 24 heavy (non-hydrogen) atoms. The maximum Gasteiger partial charge on any atom is 0.251 e. The minimum Gasteiger partial charge on any atom is -0.355 e. The zero-order chi connectivity index (χ0) is 17.5. The summed E-state index contributed by atoms with van der Waals surface area (Å²) in [5, 5.41) is 5.43. The molecule has 2 atom stereocenters. The van der Waals surface area contributed by atoms with E-state index in [0.29, 0.717) is 16.9 Å². The molecular weight excluding hydrogens is 324 g/mol. The lowest BCUT2D eigenvalue weighted by molar-refractivity contribution is 0.0940. The maximum atomic E-state index is 12.5. The highest BCUT2D eigenvalue weighted by Crippen LogP contribution is 2.15. The summed E-state index contributed by atoms with van der Waals surface area (Å²) < 4.78 is 11.6. The van der Waals surface area contributed by atoms with Crippen molar-refractivity contribution in [3.8, 4) is 0 Å². The lowest BCUT2D eigenvalue weighted by Gasteiger charge is -2.18. The first-order chi connectivity index (χ1) is 11.5. The zero-order valence-corrected chi connectivity index (χ0v) is 14.4. The summed E-state index contributed by atoms with van der Waals surface area (Å²) in [5.41, 5.74) is 1.70. The van der Waals surface area contributed by atoms with Crippen LogP contribution in [0.25, 0.3) is 0 Å². The van der Waals surface area contributed by atoms with E-state index < -0.39 is 10.8 Å². The predicted molar refractivity (Wildman–Crippen MR) is 95.4 cm³/mol. The summed E-state index contributed by atoms with van der Waals surface area (Å²) >= 11 is 0. The topological polar surface area (TPSA) is 75.3 Å². The molecule has 0 saturated heterocycles. The molecule has 6 heteroatoms. The second-order valence-electron chi connectivity index (χ2n) is 5.34. The van der Waals surface area contributed by atoms with Crippen molar-refractivity contribution < 1.29 is 13.8 Å². The Morgan fingerprint density at radius 1 is 1.00 bits per heavy atom. The Balaban J connectivity index is 2.21. The first-order valence-corrected chi connectivity index (χ1v) is 9.22. The Morgan fingerprint density at radius 2 is 1.62 bits per heavy atom. The molecule has 0 bridgehead atoms. The van der Waals surface area contributed by atoms with Crippen LogP contribution in [0.3, 0.4) is 0 Å². The Labute approximate surface area is 143 Å². The van der Waals surface area contributed by atoms with Crippen LogP contribution >= 0.6 is 0 Å². The molecule has 0 unspecified atom stereocenters. The van der Waals surface area contributed by atoms with Crippen molar-refractivity contribution in [3.63, 3.8) is 0 Å². The Bertz CT molecular complexity index is 747. The van der Waals surface area contributed by atoms with E-state index in [1.165, 1.54) is 7.05 Å². The molecule has 2 rings (SSSR count). The predicted octanol–water partition coefficient (Wildman–Crippen LogP) is 1.90. The molecule has 2 N–H and O–H groups in total. The van der Waals surface area contributed by atoms with Gasteiger partial charge in [0.1, 0.15) is 0 Å². The number of nitrogens with one attached hydrogen (secondary N) is 2. The molecule has 126 valence electrons. The molecule has 0 saturated carbocycles. The van der Waals surface area contributed by atoms with Crippen LogP contribution in [0, 0.1) is 0 Å². The van der Waals surface area contributed by atoms with Gasteiger partial charge < -0.3 is 10.6 Å². The molecule has 0 heterocycles. The summed E-state index contributed by atoms with van der Waals surface area (Å²) in [6, 6.07) is 15.5. The highest BCUT2D eigenvalue weighted by molar-refractivity contribution is 7.84. The summed E-state index contributed by atoms with van der Waals surface area (Å²) in [4.78, 5) is 24.2. The average Bonchev–Trinajstić information content (AvgIpc) is 2.61. The van der Waals surface area contributed by atoms with E-state index in [4.69, 9.17) is 0 Å². The molecule has 5 nitrogen and oxygen atoms in total. The number of rotatable bonds is 6. The normalized spacial score (nSPS) is 12.9. The molecule has 0 aliphatic carbocycles. The van der Waals surface area contributed by atoms with Crippen molar-refractivity contribution in [2.45, 2.75) is 6.04 Å². The first-order valence-electron chi connectivity index (χ1n) is 7.49. The van der Waals surface area contributed by atoms with Crippen molar-refractivity contribution >= 4 is 22.6 Å². The molecular formula is C18H20N2O3S. The van der Waals surface area contributed by atoms with Gasteiger partial charge in [-0.25, -0.2) is 0 Å². The molecule has 0 spiro atoms. The van der Waals surface area contributed by atoms with Crippen molar-refractivity contribution in [2.75, 3.05) is 19.1 Å². The SMILES string of the molecule is CNC(=O)c1cccc(C(=O)N[C@@H](C[S@@](C)=O)c2ccccc2)c1. The van der Waals surface area contributed by atoms with Gasteiger partial charge in [0.2, 0.25) is 0 Å². The largest absolute Gasteiger partial charge is 0.355 e. The third-order valence-corrected chi connectivity index (χ3v) is 4.33. The van der Waals surface area contributed by atoms with Crippen LogP contribution in [-0.2, 0) is 10.8 Å². The molecule has 0 fully saturated rings. The van der Waals surface area contributed by atoms with Crippen molar-refractivity contribution in [3.05, 3.63) is 71.3 Å². The minimum atomic E-state index is -1.06. The summed E-state index contributed by atoms with van der Waals surface area (Å²) in [7, 11) is 0.478. The van der Waals surface area contributed by atoms with E-state index in [0.717, 1.165) is 5.56 Å². The average molecular weight is 344 g/mol. The number of carbonyl (C=O) groups excluding carboxylic acids is 2. The van der Waals surface area contributed by atoms with Gasteiger partial charge in [0, 0.05) is 41.0 Å². The number of hydrogen-bond acceptors (Lipinski definition) is 3. The Hall–Kier alpha value is -2.47. The quantitative estimate of drug-likeness (QED) is 0.840. The van der Waals surface area contributed by atoms with Gasteiger partial charge >= 0.3 is 0 Å². The smallest absolute Gasteiger partial charge is 0.251 e. The van der Waals surface area contributed by atoms with Gasteiger partial charge in [-0.15, -0.1) is 0 Å². The molecule has 2 aromatic carbocycles. The Kier molecular flexibility index (Phi) is 6.26. The standard InChI is InChI=1S/C18H20N2O3S/c1-19-17(21)14-9-6-10-15(11-14)18(22)20-16(12-24(2)23)13-7-4-3-5-8-13/h3-11,16H,12H2,1-2H3,(H,19,21)(H,20,22)/t16-,24+/m0/s1. The third-order valence-electron chi connectivity index (χ3n) is 3.52. The molecule has 0 aromatic heterocycles. The van der Waals surface area contributed by atoms with Crippen molar-refractivity contribution in [1.82, 2.24) is 10.6 Å². The van der Waals surface area contributed by atoms with Gasteiger partial charge in [-0.3, -0.25) is 13.8 Å². The number of carbonyl (C=O) groups is 2. The van der Waals surface area contributed by atoms with Crippen LogP contribution in [0.15, 0.2) is 54.6 Å². The zero-order valence-electron chi connectivity index (χ0n) is 13.6. The van der Waals surface area contributed by atoms with Crippen LogP contribution in [-0.4, -0.2) is 35.1 Å². The van der Waals surface area contributed by atoms with Crippen molar-refractivity contribution in [2.24, 2.45) is 0 Å². The third kappa shape index (κ3) is 4.76. The summed E-state index contributed by atoms with van der Waals surface area (Å²) in [5.74, 6) is -0.232. The molecule has 0 aliphatic rings. The summed E-state index contributed by atoms with van der Waals surface area (Å²) in [6.07, 6.45) is 1.61. The monoisotopic (exact) mass is 344 g/mol. The van der Waals surface area contributed by atoms with E-state index in [9.17, 15) is 13.8 Å². The lowest BCUT2D eigenvalue weighted by atomic mass is 10.1. The van der Waals surface area contributed by atoms with Gasteiger partial charge in [-0.1, -0.05) is 36.4 Å². The van der Waals surface area contributed by atoms with E-state index in [-0.39, 0.29) is 17.9 Å². The van der Waals surface area contributed by atoms with Crippen LogP contribution in [0.5, 0.6) is 0 Å². The fourth-order valence-corrected chi connectivity index (χ4v) is 3.07. The van der Waals surface area contributed by atoms with Gasteiger partial charge in [-0.05, 0) is 23.8 Å². The van der Waals surface area contributed by atoms with Gasteiger partial charge in [0.05, 0.1) is 6.04 Å². The number of hydrogen-bond donors (Lipinski definition) is 2. The highest BCUT2D eigenvalue weighted by atomic mass is 32.2. The van der Waals surface area contributed by atoms with Crippen LogP contribution in [0.1, 0.15) is 32.3 Å². The van der Waals surface area contributed by atoms with Crippen LogP contribution < -0.4 is 10.6 Å². The van der Waals surface area contributed by atoms with E-state index in [2.05, 4.69) is 10.6 Å². The molecule has 2 aromatic rings. The molecule has 2 amide bonds. The van der Waals surface area contributed by atoms with Gasteiger partial charge in [0.25, 0.3) is 11.8 Å². The minimum absolute atomic E-state index is 0.251. The van der Waals surface area contributed by atoms with Crippen LogP contribution in [0.2, 0.25) is 0 Å². The second-order valence-corrected chi connectivity index (χ2v) is 6.82. The van der Waals surface area contributed by atoms with E-state index in [1.807, 2.05) is 30.3 Å². The lowest BCUT2D eigenvalue weighted by Crippen LogP contribution is -2.32. The van der Waals surface area contributed by atoms with Gasteiger partial charge in [0.15, 0.2) is 0 Å².